The van der Waals surface area contributed by atoms with Gasteiger partial charge in [-0.25, -0.2) is 0 Å². The van der Waals surface area contributed by atoms with Crippen molar-refractivity contribution in [3.8, 4) is 0 Å². The normalized spacial score (nSPS) is 17.8. The molecule has 2 nitrogen and oxygen atoms in total. The van der Waals surface area contributed by atoms with Crippen LogP contribution in [0.2, 0.25) is 0 Å². The Bertz CT molecular complexity index is 367. The summed E-state index contributed by atoms with van der Waals surface area (Å²) in [6, 6.07) is 4.23. The van der Waals surface area contributed by atoms with E-state index in [1.54, 1.807) is 11.3 Å². The van der Waals surface area contributed by atoms with Gasteiger partial charge in [0, 0.05) is 26.4 Å². The second-order valence-electron chi connectivity index (χ2n) is 4.44. The predicted octanol–water partition coefficient (Wildman–Crippen LogP) is 3.71. The summed E-state index contributed by atoms with van der Waals surface area (Å²) in [5.41, 5.74) is 0. The minimum atomic E-state index is 0.442. The van der Waals surface area contributed by atoms with E-state index in [1.807, 2.05) is 0 Å². The summed E-state index contributed by atoms with van der Waals surface area (Å²) in [4.78, 5) is 13.5. The number of hydrogen-bond donors (Lipinski definition) is 0. The average Bonchev–Trinajstić information content (AvgIpc) is 2.68. The first-order valence-electron chi connectivity index (χ1n) is 5.63. The molecule has 0 aromatic carbocycles. The third kappa shape index (κ3) is 3.08. The number of nitrogens with zero attached hydrogens (tertiary/aromatic N) is 1. The van der Waals surface area contributed by atoms with Crippen molar-refractivity contribution in [2.75, 3.05) is 18.5 Å². The molecule has 0 N–H and O–H groups in total. The molecule has 0 saturated heterocycles. The van der Waals surface area contributed by atoms with Crippen molar-refractivity contribution in [3.63, 3.8) is 0 Å². The van der Waals surface area contributed by atoms with Gasteiger partial charge < -0.3 is 4.90 Å². The maximum absolute atomic E-state index is 11.1. The van der Waals surface area contributed by atoms with E-state index in [4.69, 9.17) is 0 Å². The lowest BCUT2D eigenvalue weighted by Crippen LogP contribution is -2.27. The molecule has 1 aromatic heterocycles. The molecule has 0 amide bonds. The van der Waals surface area contributed by atoms with Crippen molar-refractivity contribution in [1.82, 2.24) is 0 Å². The lowest BCUT2D eigenvalue weighted by Gasteiger charge is -2.26. The maximum Gasteiger partial charge on any atom is 0.132 e. The van der Waals surface area contributed by atoms with E-state index < -0.39 is 0 Å². The summed E-state index contributed by atoms with van der Waals surface area (Å²) < 4.78 is 1.17. The van der Waals surface area contributed by atoms with Gasteiger partial charge in [0.05, 0.1) is 8.79 Å². The zero-order chi connectivity index (χ0) is 11.5. The Morgan fingerprint density at radius 3 is 2.69 bits per heavy atom. The monoisotopic (exact) mass is 301 g/mol. The molecule has 1 aliphatic carbocycles. The number of anilines is 1. The molecule has 0 bridgehead atoms. The summed E-state index contributed by atoms with van der Waals surface area (Å²) in [5.74, 6) is 1.13. The van der Waals surface area contributed by atoms with Crippen molar-refractivity contribution in [1.29, 1.82) is 0 Å². The van der Waals surface area contributed by atoms with E-state index in [0.717, 1.165) is 32.2 Å². The van der Waals surface area contributed by atoms with Gasteiger partial charge in [-0.3, -0.25) is 4.79 Å². The second kappa shape index (κ2) is 5.32. The molecule has 0 atom stereocenters. The molecule has 1 saturated carbocycles. The van der Waals surface area contributed by atoms with E-state index >= 15 is 0 Å². The second-order valence-corrected chi connectivity index (χ2v) is 6.88. The van der Waals surface area contributed by atoms with Crippen LogP contribution in [0.3, 0.4) is 0 Å². The van der Waals surface area contributed by atoms with Crippen LogP contribution in [0.1, 0.15) is 25.7 Å². The highest BCUT2D eigenvalue weighted by atomic mass is 79.9. The van der Waals surface area contributed by atoms with Gasteiger partial charge in [0.25, 0.3) is 0 Å². The molecule has 1 aromatic rings. The minimum Gasteiger partial charge on any atom is -0.366 e. The minimum absolute atomic E-state index is 0.442. The standard InChI is InChI=1S/C12H16BrNOS/c1-14(12-7-6-11(13)16-12)8-9-2-4-10(15)5-3-9/h6-7,9H,2-5,8H2,1H3. The molecule has 0 aliphatic heterocycles. The van der Waals surface area contributed by atoms with Gasteiger partial charge in [0.15, 0.2) is 0 Å². The highest BCUT2D eigenvalue weighted by molar-refractivity contribution is 9.11. The number of ketones is 1. The van der Waals surface area contributed by atoms with Crippen LogP contribution in [0.4, 0.5) is 5.00 Å². The van der Waals surface area contributed by atoms with E-state index in [9.17, 15) is 4.79 Å². The summed E-state index contributed by atoms with van der Waals surface area (Å²) in [7, 11) is 2.13. The summed E-state index contributed by atoms with van der Waals surface area (Å²) in [6.07, 6.45) is 3.70. The van der Waals surface area contributed by atoms with Crippen molar-refractivity contribution < 1.29 is 4.79 Å². The Labute approximate surface area is 109 Å². The van der Waals surface area contributed by atoms with Crippen LogP contribution in [0.25, 0.3) is 0 Å². The first-order chi connectivity index (χ1) is 7.65. The molecule has 16 heavy (non-hydrogen) atoms. The molecule has 1 aliphatic rings. The highest BCUT2D eigenvalue weighted by Crippen LogP contribution is 2.31. The molecule has 2 rings (SSSR count). The quantitative estimate of drug-likeness (QED) is 0.848. The third-order valence-electron chi connectivity index (χ3n) is 3.13. The average molecular weight is 302 g/mol. The zero-order valence-electron chi connectivity index (χ0n) is 9.41. The molecule has 88 valence electrons. The number of halogens is 1. The van der Waals surface area contributed by atoms with Crippen molar-refractivity contribution in [2.24, 2.45) is 5.92 Å². The predicted molar refractivity (Wildman–Crippen MR) is 72.3 cm³/mol. The fraction of sp³-hybridized carbons (Fsp3) is 0.583. The smallest absolute Gasteiger partial charge is 0.132 e. The Hall–Kier alpha value is -0.350. The number of carbonyl (C=O) groups is 1. The van der Waals surface area contributed by atoms with Gasteiger partial charge in [-0.05, 0) is 46.8 Å². The Kier molecular flexibility index (Phi) is 4.03. The molecule has 0 unspecified atom stereocenters. The Morgan fingerprint density at radius 2 is 2.12 bits per heavy atom. The topological polar surface area (TPSA) is 20.3 Å². The SMILES string of the molecule is CN(CC1CCC(=O)CC1)c1ccc(Br)s1. The van der Waals surface area contributed by atoms with Crippen LogP contribution < -0.4 is 4.90 Å². The maximum atomic E-state index is 11.1. The number of carbonyl (C=O) groups excluding carboxylic acids is 1. The number of thiophene rings is 1. The van der Waals surface area contributed by atoms with Crippen LogP contribution in [-0.2, 0) is 4.79 Å². The number of hydrogen-bond acceptors (Lipinski definition) is 3. The van der Waals surface area contributed by atoms with Gasteiger partial charge in [-0.2, -0.15) is 0 Å². The van der Waals surface area contributed by atoms with Crippen LogP contribution in [0, 0.1) is 5.92 Å². The van der Waals surface area contributed by atoms with Gasteiger partial charge in [-0.1, -0.05) is 0 Å². The molecule has 1 heterocycles. The van der Waals surface area contributed by atoms with Crippen molar-refractivity contribution >= 4 is 38.1 Å². The number of Topliss-reactive ketones (excluding diaryl/α,β-unsaturated/α-hetero) is 1. The molecule has 1 fully saturated rings. The first kappa shape index (κ1) is 12.1. The number of rotatable bonds is 3. The van der Waals surface area contributed by atoms with E-state index in [2.05, 4.69) is 40.0 Å². The summed E-state index contributed by atoms with van der Waals surface area (Å²) >= 11 is 5.24. The molecular weight excluding hydrogens is 286 g/mol. The molecular formula is C12H16BrNOS. The van der Waals surface area contributed by atoms with E-state index in [0.29, 0.717) is 11.7 Å². The lowest BCUT2D eigenvalue weighted by atomic mass is 9.88. The fourth-order valence-corrected chi connectivity index (χ4v) is 3.50. The molecule has 0 radical (unpaired) electrons. The van der Waals surface area contributed by atoms with Crippen LogP contribution in [0.5, 0.6) is 0 Å². The summed E-state index contributed by atoms with van der Waals surface area (Å²) in [5, 5.41) is 1.30. The van der Waals surface area contributed by atoms with E-state index in [1.165, 1.54) is 8.79 Å². The van der Waals surface area contributed by atoms with Crippen molar-refractivity contribution in [2.45, 2.75) is 25.7 Å². The van der Waals surface area contributed by atoms with Crippen LogP contribution >= 0.6 is 27.3 Å². The summed E-state index contributed by atoms with van der Waals surface area (Å²) in [6.45, 7) is 1.07. The lowest BCUT2D eigenvalue weighted by molar-refractivity contribution is -0.120. The van der Waals surface area contributed by atoms with Gasteiger partial charge >= 0.3 is 0 Å². The fourth-order valence-electron chi connectivity index (χ4n) is 2.17. The van der Waals surface area contributed by atoms with Gasteiger partial charge in [0.2, 0.25) is 0 Å². The first-order valence-corrected chi connectivity index (χ1v) is 7.24. The molecule has 4 heteroatoms. The van der Waals surface area contributed by atoms with E-state index in [-0.39, 0.29) is 0 Å². The Morgan fingerprint density at radius 1 is 1.44 bits per heavy atom. The van der Waals surface area contributed by atoms with Gasteiger partial charge in [0.1, 0.15) is 5.78 Å². The van der Waals surface area contributed by atoms with Gasteiger partial charge in [-0.15, -0.1) is 11.3 Å². The van der Waals surface area contributed by atoms with Crippen LogP contribution in [0.15, 0.2) is 15.9 Å². The zero-order valence-corrected chi connectivity index (χ0v) is 11.8. The Balaban J connectivity index is 1.87. The van der Waals surface area contributed by atoms with Crippen LogP contribution in [-0.4, -0.2) is 19.4 Å². The van der Waals surface area contributed by atoms with Crippen molar-refractivity contribution in [3.05, 3.63) is 15.9 Å². The molecule has 0 spiro atoms. The highest BCUT2D eigenvalue weighted by Gasteiger charge is 2.20. The third-order valence-corrected chi connectivity index (χ3v) is 4.87. The largest absolute Gasteiger partial charge is 0.366 e.